The molecular weight excluding hydrogens is 258 g/mol. The van der Waals surface area contributed by atoms with Crippen LogP contribution in [0.25, 0.3) is 0 Å². The summed E-state index contributed by atoms with van der Waals surface area (Å²) in [5.74, 6) is 1.98. The lowest BCUT2D eigenvalue weighted by Crippen LogP contribution is -2.69. The highest BCUT2D eigenvalue weighted by Crippen LogP contribution is 2.51. The third-order valence-electron chi connectivity index (χ3n) is 4.50. The molecule has 1 rings (SSSR count). The Hall–Kier alpha value is -0.420. The topological polar surface area (TPSA) is 45.7 Å². The monoisotopic (exact) mass is 287 g/mol. The van der Waals surface area contributed by atoms with Crippen LogP contribution in [0, 0.1) is 5.41 Å². The minimum absolute atomic E-state index is 0.0404. The summed E-state index contributed by atoms with van der Waals surface area (Å²) < 4.78 is 5.66. The first-order chi connectivity index (χ1) is 8.91. The van der Waals surface area contributed by atoms with Gasteiger partial charge < -0.3 is 15.4 Å². The molecule has 1 aliphatic carbocycles. The number of nitrogens with zero attached hydrogens (tertiary/aromatic N) is 1. The van der Waals surface area contributed by atoms with Crippen molar-refractivity contribution >= 4 is 17.7 Å². The lowest BCUT2D eigenvalue weighted by atomic mass is 9.56. The highest BCUT2D eigenvalue weighted by Gasteiger charge is 2.57. The Balaban J connectivity index is 2.59. The molecule has 0 bridgehead atoms. The molecule has 0 aromatic heterocycles. The van der Waals surface area contributed by atoms with Crippen LogP contribution in [0.2, 0.25) is 0 Å². The Kier molecular flexibility index (Phi) is 5.99. The Labute approximate surface area is 122 Å². The van der Waals surface area contributed by atoms with E-state index in [1.165, 1.54) is 0 Å². The molecule has 2 unspecified atom stereocenters. The summed E-state index contributed by atoms with van der Waals surface area (Å²) >= 11 is 1.82. The molecule has 0 heterocycles. The van der Waals surface area contributed by atoms with Crippen molar-refractivity contribution in [3.8, 4) is 0 Å². The molecule has 4 nitrogen and oxygen atoms in total. The Bertz CT molecular complexity index is 320. The number of methoxy groups -OCH3 is 1. The van der Waals surface area contributed by atoms with Crippen LogP contribution in [-0.4, -0.2) is 49.8 Å². The second kappa shape index (κ2) is 6.84. The van der Waals surface area contributed by atoms with E-state index in [1.807, 2.05) is 11.8 Å². The lowest BCUT2D eigenvalue weighted by molar-refractivity contribution is -0.176. The molecule has 1 aliphatic rings. The van der Waals surface area contributed by atoms with Crippen LogP contribution in [0.4, 0.5) is 0 Å². The van der Waals surface area contributed by atoms with E-state index in [4.69, 9.17) is 4.74 Å². The van der Waals surface area contributed by atoms with Gasteiger partial charge >= 0.3 is 0 Å². The molecule has 0 aliphatic heterocycles. The maximum atomic E-state index is 5.66. The van der Waals surface area contributed by atoms with E-state index < -0.39 is 0 Å². The normalized spacial score (nSPS) is 29.8. The summed E-state index contributed by atoms with van der Waals surface area (Å²) in [4.78, 5) is 4.60. The zero-order valence-electron chi connectivity index (χ0n) is 13.2. The predicted molar refractivity (Wildman–Crippen MR) is 85.1 cm³/mol. The standard InChI is InChI=1S/C14H29N3OS/c1-7-15-12(16-8-9-19-6)17-11-10-14(4,18-5)13(11,2)3/h11H,7-10H2,1-6H3,(H2,15,16,17). The van der Waals surface area contributed by atoms with Crippen molar-refractivity contribution in [2.45, 2.75) is 45.8 Å². The zero-order valence-corrected chi connectivity index (χ0v) is 14.0. The van der Waals surface area contributed by atoms with E-state index in [9.17, 15) is 0 Å². The molecule has 0 aromatic carbocycles. The van der Waals surface area contributed by atoms with Gasteiger partial charge in [0, 0.05) is 30.9 Å². The Morgan fingerprint density at radius 2 is 2.11 bits per heavy atom. The van der Waals surface area contributed by atoms with E-state index in [-0.39, 0.29) is 11.0 Å². The molecule has 19 heavy (non-hydrogen) atoms. The van der Waals surface area contributed by atoms with Crippen molar-refractivity contribution < 1.29 is 4.74 Å². The highest BCUT2D eigenvalue weighted by atomic mass is 32.2. The largest absolute Gasteiger partial charge is 0.378 e. The zero-order chi connectivity index (χ0) is 14.5. The minimum Gasteiger partial charge on any atom is -0.378 e. The molecule has 2 N–H and O–H groups in total. The highest BCUT2D eigenvalue weighted by molar-refractivity contribution is 7.98. The van der Waals surface area contributed by atoms with E-state index >= 15 is 0 Å². The third kappa shape index (κ3) is 3.57. The van der Waals surface area contributed by atoms with Crippen LogP contribution >= 0.6 is 11.8 Å². The quantitative estimate of drug-likeness (QED) is 0.446. The number of hydrogen-bond acceptors (Lipinski definition) is 3. The number of thioether (sulfide) groups is 1. The first-order valence-corrected chi connectivity index (χ1v) is 8.39. The van der Waals surface area contributed by atoms with Crippen LogP contribution in [0.5, 0.6) is 0 Å². The van der Waals surface area contributed by atoms with Gasteiger partial charge in [0.05, 0.1) is 12.1 Å². The van der Waals surface area contributed by atoms with Crippen molar-refractivity contribution in [3.05, 3.63) is 0 Å². The molecule has 0 spiro atoms. The fourth-order valence-electron chi connectivity index (χ4n) is 2.46. The summed E-state index contributed by atoms with van der Waals surface area (Å²) in [6, 6.07) is 0.407. The molecular formula is C14H29N3OS. The van der Waals surface area contributed by atoms with Crippen LogP contribution in [0.1, 0.15) is 34.1 Å². The maximum Gasteiger partial charge on any atom is 0.191 e. The van der Waals surface area contributed by atoms with Crippen LogP contribution < -0.4 is 10.6 Å². The van der Waals surface area contributed by atoms with Crippen molar-refractivity contribution in [3.63, 3.8) is 0 Å². The van der Waals surface area contributed by atoms with Crippen molar-refractivity contribution in [2.24, 2.45) is 10.4 Å². The summed E-state index contributed by atoms with van der Waals surface area (Å²) in [5, 5.41) is 6.86. The number of ether oxygens (including phenoxy) is 1. The van der Waals surface area contributed by atoms with Gasteiger partial charge in [0.25, 0.3) is 0 Å². The number of hydrogen-bond donors (Lipinski definition) is 2. The molecule has 1 fully saturated rings. The average molecular weight is 287 g/mol. The Morgan fingerprint density at radius 1 is 1.42 bits per heavy atom. The van der Waals surface area contributed by atoms with Crippen LogP contribution in [0.15, 0.2) is 4.99 Å². The number of aliphatic imine (C=N–C) groups is 1. The SMILES string of the molecule is CCNC(=NCCSC)NC1CC(C)(OC)C1(C)C. The van der Waals surface area contributed by atoms with Crippen molar-refractivity contribution in [2.75, 3.05) is 32.2 Å². The number of nitrogens with one attached hydrogen (secondary N) is 2. The van der Waals surface area contributed by atoms with Gasteiger partial charge in [0.15, 0.2) is 5.96 Å². The van der Waals surface area contributed by atoms with Gasteiger partial charge in [0.1, 0.15) is 0 Å². The van der Waals surface area contributed by atoms with E-state index in [1.54, 1.807) is 7.11 Å². The summed E-state index contributed by atoms with van der Waals surface area (Å²) in [5.41, 5.74) is 0.0682. The van der Waals surface area contributed by atoms with Gasteiger partial charge in [-0.3, -0.25) is 4.99 Å². The maximum absolute atomic E-state index is 5.66. The lowest BCUT2D eigenvalue weighted by Gasteiger charge is -2.59. The van der Waals surface area contributed by atoms with Crippen LogP contribution in [-0.2, 0) is 4.74 Å². The van der Waals surface area contributed by atoms with Gasteiger partial charge in [-0.25, -0.2) is 0 Å². The first kappa shape index (κ1) is 16.6. The number of guanidine groups is 1. The van der Waals surface area contributed by atoms with Gasteiger partial charge in [-0.05, 0) is 26.5 Å². The summed E-state index contributed by atoms with van der Waals surface area (Å²) in [6.07, 6.45) is 3.12. The van der Waals surface area contributed by atoms with Crippen molar-refractivity contribution in [1.82, 2.24) is 10.6 Å². The van der Waals surface area contributed by atoms with E-state index in [0.717, 1.165) is 31.2 Å². The number of rotatable bonds is 6. The molecule has 1 saturated carbocycles. The molecule has 0 radical (unpaired) electrons. The Morgan fingerprint density at radius 3 is 2.58 bits per heavy atom. The van der Waals surface area contributed by atoms with Crippen molar-refractivity contribution in [1.29, 1.82) is 0 Å². The molecule has 0 saturated heterocycles. The second-order valence-electron chi connectivity index (χ2n) is 5.81. The molecule has 0 amide bonds. The molecule has 112 valence electrons. The van der Waals surface area contributed by atoms with Gasteiger partial charge in [-0.15, -0.1) is 0 Å². The predicted octanol–water partition coefficient (Wildman–Crippen LogP) is 2.11. The molecule has 2 atom stereocenters. The fraction of sp³-hybridized carbons (Fsp3) is 0.929. The third-order valence-corrected chi connectivity index (χ3v) is 5.09. The van der Waals surface area contributed by atoms with E-state index in [2.05, 4.69) is 49.6 Å². The van der Waals surface area contributed by atoms with Crippen LogP contribution in [0.3, 0.4) is 0 Å². The minimum atomic E-state index is -0.0404. The first-order valence-electron chi connectivity index (χ1n) is 7.00. The summed E-state index contributed by atoms with van der Waals surface area (Å²) in [6.45, 7) is 10.5. The smallest absolute Gasteiger partial charge is 0.191 e. The van der Waals surface area contributed by atoms with Gasteiger partial charge in [-0.2, -0.15) is 11.8 Å². The molecule has 5 heteroatoms. The average Bonchev–Trinajstić information content (AvgIpc) is 2.38. The molecule has 0 aromatic rings. The fourth-order valence-corrected chi connectivity index (χ4v) is 2.73. The second-order valence-corrected chi connectivity index (χ2v) is 6.80. The van der Waals surface area contributed by atoms with Gasteiger partial charge in [-0.1, -0.05) is 13.8 Å². The van der Waals surface area contributed by atoms with E-state index in [0.29, 0.717) is 6.04 Å². The summed E-state index contributed by atoms with van der Waals surface area (Å²) in [7, 11) is 1.80. The van der Waals surface area contributed by atoms with Gasteiger partial charge in [0.2, 0.25) is 0 Å².